The molecule has 0 bridgehead atoms. The van der Waals surface area contributed by atoms with Crippen LogP contribution in [0.5, 0.6) is 0 Å². The molecule has 9 heteroatoms. The van der Waals surface area contributed by atoms with Crippen LogP contribution in [0.1, 0.15) is 6.92 Å². The summed E-state index contributed by atoms with van der Waals surface area (Å²) in [5.41, 5.74) is 5.91. The van der Waals surface area contributed by atoms with Crippen LogP contribution in [-0.4, -0.2) is 38.5 Å². The van der Waals surface area contributed by atoms with Gasteiger partial charge in [-0.3, -0.25) is 14.2 Å². The predicted octanol–water partition coefficient (Wildman–Crippen LogP) is 2.29. The molecule has 0 spiro atoms. The zero-order valence-corrected chi connectivity index (χ0v) is 15.1. The first-order chi connectivity index (χ1) is 11.9. The van der Waals surface area contributed by atoms with Gasteiger partial charge in [-0.15, -0.1) is 16.8 Å². The smallest absolute Gasteiger partial charge is 0.317 e. The van der Waals surface area contributed by atoms with Crippen LogP contribution in [0.25, 0.3) is 11.4 Å². The summed E-state index contributed by atoms with van der Waals surface area (Å²) in [5.74, 6) is -0.637. The molecule has 0 unspecified atom stereocenters. The van der Waals surface area contributed by atoms with E-state index in [-0.39, 0.29) is 5.75 Å². The van der Waals surface area contributed by atoms with E-state index in [2.05, 4.69) is 16.8 Å². The number of esters is 1. The average molecular weight is 381 g/mol. The van der Waals surface area contributed by atoms with Gasteiger partial charge in [0.25, 0.3) is 5.91 Å². The van der Waals surface area contributed by atoms with Gasteiger partial charge in [-0.2, -0.15) is 0 Å². The number of nitrogens with two attached hydrogens (primary N) is 1. The summed E-state index contributed by atoms with van der Waals surface area (Å²) < 4.78 is 6.74. The van der Waals surface area contributed by atoms with Crippen molar-refractivity contribution >= 4 is 35.2 Å². The number of aromatic nitrogens is 3. The fraction of sp³-hybridized carbons (Fsp3) is 0.250. The Kier molecular flexibility index (Phi) is 6.60. The monoisotopic (exact) mass is 380 g/mol. The van der Waals surface area contributed by atoms with Crippen LogP contribution >= 0.6 is 23.4 Å². The highest BCUT2D eigenvalue weighted by Crippen LogP contribution is 2.25. The van der Waals surface area contributed by atoms with E-state index in [4.69, 9.17) is 22.1 Å². The number of hydrogen-bond acceptors (Lipinski definition) is 6. The minimum absolute atomic E-state index is 0.0203. The lowest BCUT2D eigenvalue weighted by Gasteiger charge is -2.10. The van der Waals surface area contributed by atoms with Crippen molar-refractivity contribution in [1.82, 2.24) is 14.8 Å². The largest absolute Gasteiger partial charge is 0.452 e. The van der Waals surface area contributed by atoms with Crippen LogP contribution in [0.2, 0.25) is 5.02 Å². The third kappa shape index (κ3) is 5.07. The van der Waals surface area contributed by atoms with Crippen LogP contribution in [0.15, 0.2) is 42.1 Å². The van der Waals surface area contributed by atoms with Gasteiger partial charge in [-0.05, 0) is 31.2 Å². The van der Waals surface area contributed by atoms with Crippen molar-refractivity contribution in [2.75, 3.05) is 5.75 Å². The maximum Gasteiger partial charge on any atom is 0.317 e. The number of thioether (sulfide) groups is 1. The summed E-state index contributed by atoms with van der Waals surface area (Å²) >= 11 is 7.06. The Labute approximate surface area is 154 Å². The number of nitrogens with zero attached hydrogens (tertiary/aromatic N) is 3. The van der Waals surface area contributed by atoms with E-state index < -0.39 is 18.0 Å². The third-order valence-electron chi connectivity index (χ3n) is 3.16. The van der Waals surface area contributed by atoms with Gasteiger partial charge in [0.15, 0.2) is 17.1 Å². The number of carbonyl (C=O) groups excluding carboxylic acids is 2. The molecule has 1 amide bonds. The third-order valence-corrected chi connectivity index (χ3v) is 4.35. The number of allylic oxidation sites excluding steroid dienone is 1. The van der Waals surface area contributed by atoms with Crippen LogP contribution in [0.4, 0.5) is 0 Å². The Balaban J connectivity index is 2.13. The summed E-state index contributed by atoms with van der Waals surface area (Å²) in [6.07, 6.45) is 0.740. The summed E-state index contributed by atoms with van der Waals surface area (Å²) in [6, 6.07) is 7.20. The molecule has 1 aromatic carbocycles. The first-order valence-electron chi connectivity index (χ1n) is 7.34. The Bertz CT molecular complexity index is 776. The number of primary amides is 1. The van der Waals surface area contributed by atoms with Gasteiger partial charge in [0.2, 0.25) is 0 Å². The molecule has 0 aliphatic carbocycles. The standard InChI is InChI=1S/C16H17ClN4O3S/c1-3-8-21-15(11-4-6-12(17)7-5-11)19-20-16(21)25-9-13(22)24-10(2)14(18)23/h3-7,10H,1,8-9H2,2H3,(H2,18,23)/t10-/m1/s1. The minimum atomic E-state index is -0.969. The second-order valence-electron chi connectivity index (χ2n) is 5.04. The fourth-order valence-electron chi connectivity index (χ4n) is 1.91. The van der Waals surface area contributed by atoms with E-state index in [0.717, 1.165) is 17.3 Å². The van der Waals surface area contributed by atoms with E-state index >= 15 is 0 Å². The molecule has 0 fully saturated rings. The zero-order chi connectivity index (χ0) is 18.4. The first kappa shape index (κ1) is 19.0. The summed E-state index contributed by atoms with van der Waals surface area (Å²) in [6.45, 7) is 5.62. The summed E-state index contributed by atoms with van der Waals surface area (Å²) in [5, 5.41) is 9.45. The van der Waals surface area contributed by atoms with Crippen molar-refractivity contribution in [3.05, 3.63) is 41.9 Å². The summed E-state index contributed by atoms with van der Waals surface area (Å²) in [4.78, 5) is 22.7. The van der Waals surface area contributed by atoms with Crippen molar-refractivity contribution in [3.8, 4) is 11.4 Å². The van der Waals surface area contributed by atoms with E-state index in [9.17, 15) is 9.59 Å². The van der Waals surface area contributed by atoms with Crippen LogP contribution in [-0.2, 0) is 20.9 Å². The molecule has 2 N–H and O–H groups in total. The number of rotatable bonds is 8. The van der Waals surface area contributed by atoms with Crippen molar-refractivity contribution in [2.24, 2.45) is 5.73 Å². The lowest BCUT2D eigenvalue weighted by Crippen LogP contribution is -2.31. The highest BCUT2D eigenvalue weighted by atomic mass is 35.5. The van der Waals surface area contributed by atoms with Gasteiger partial charge in [0, 0.05) is 17.1 Å². The molecular weight excluding hydrogens is 364 g/mol. The molecule has 0 saturated carbocycles. The van der Waals surface area contributed by atoms with Crippen LogP contribution in [0, 0.1) is 0 Å². The number of ether oxygens (including phenoxy) is 1. The Morgan fingerprint density at radius 2 is 2.08 bits per heavy atom. The number of carbonyl (C=O) groups is 2. The topological polar surface area (TPSA) is 100 Å². The van der Waals surface area contributed by atoms with E-state index in [1.54, 1.807) is 18.2 Å². The Morgan fingerprint density at radius 3 is 2.68 bits per heavy atom. The number of halogens is 1. The average Bonchev–Trinajstić information content (AvgIpc) is 2.97. The van der Waals surface area contributed by atoms with Gasteiger partial charge < -0.3 is 10.5 Å². The molecule has 1 heterocycles. The van der Waals surface area contributed by atoms with E-state index in [1.165, 1.54) is 6.92 Å². The quantitative estimate of drug-likeness (QED) is 0.428. The molecule has 7 nitrogen and oxygen atoms in total. The fourth-order valence-corrected chi connectivity index (χ4v) is 2.77. The molecular formula is C16H17ClN4O3S. The van der Waals surface area contributed by atoms with Crippen LogP contribution < -0.4 is 5.73 Å². The lowest BCUT2D eigenvalue weighted by molar-refractivity contribution is -0.151. The number of benzene rings is 1. The normalized spacial score (nSPS) is 11.8. The maximum atomic E-state index is 11.8. The second-order valence-corrected chi connectivity index (χ2v) is 6.41. The molecule has 2 rings (SSSR count). The molecule has 1 atom stereocenters. The Hall–Kier alpha value is -2.32. The molecule has 0 radical (unpaired) electrons. The highest BCUT2D eigenvalue weighted by molar-refractivity contribution is 7.99. The molecule has 0 aliphatic rings. The predicted molar refractivity (Wildman–Crippen MR) is 96.1 cm³/mol. The summed E-state index contributed by atoms with van der Waals surface area (Å²) in [7, 11) is 0. The SMILES string of the molecule is C=CCn1c(SCC(=O)O[C@H](C)C(N)=O)nnc1-c1ccc(Cl)cc1. The van der Waals surface area contributed by atoms with Crippen molar-refractivity contribution in [2.45, 2.75) is 24.7 Å². The molecule has 1 aromatic heterocycles. The second kappa shape index (κ2) is 8.68. The molecule has 132 valence electrons. The first-order valence-corrected chi connectivity index (χ1v) is 8.70. The lowest BCUT2D eigenvalue weighted by atomic mass is 10.2. The molecule has 25 heavy (non-hydrogen) atoms. The van der Waals surface area contributed by atoms with Gasteiger partial charge in [-0.25, -0.2) is 0 Å². The Morgan fingerprint density at radius 1 is 1.40 bits per heavy atom. The van der Waals surface area contributed by atoms with E-state index in [0.29, 0.717) is 22.5 Å². The number of hydrogen-bond donors (Lipinski definition) is 1. The van der Waals surface area contributed by atoms with Gasteiger partial charge in [0.1, 0.15) is 0 Å². The van der Waals surface area contributed by atoms with Gasteiger partial charge in [0.05, 0.1) is 5.75 Å². The van der Waals surface area contributed by atoms with Crippen LogP contribution in [0.3, 0.4) is 0 Å². The van der Waals surface area contributed by atoms with Crippen molar-refractivity contribution in [3.63, 3.8) is 0 Å². The van der Waals surface area contributed by atoms with Gasteiger partial charge >= 0.3 is 5.97 Å². The van der Waals surface area contributed by atoms with E-state index in [1.807, 2.05) is 16.7 Å². The highest BCUT2D eigenvalue weighted by Gasteiger charge is 2.18. The van der Waals surface area contributed by atoms with Gasteiger partial charge in [-0.1, -0.05) is 29.4 Å². The molecule has 2 aromatic rings. The number of amides is 1. The molecule has 0 aliphatic heterocycles. The zero-order valence-electron chi connectivity index (χ0n) is 13.5. The minimum Gasteiger partial charge on any atom is -0.452 e. The maximum absolute atomic E-state index is 11.8. The molecule has 0 saturated heterocycles. The van der Waals surface area contributed by atoms with Crippen molar-refractivity contribution < 1.29 is 14.3 Å². The van der Waals surface area contributed by atoms with Crippen molar-refractivity contribution in [1.29, 1.82) is 0 Å².